The summed E-state index contributed by atoms with van der Waals surface area (Å²) in [7, 11) is 3.45. The van der Waals surface area contributed by atoms with Crippen LogP contribution in [0.3, 0.4) is 0 Å². The summed E-state index contributed by atoms with van der Waals surface area (Å²) in [6, 6.07) is 7.68. The zero-order valence-corrected chi connectivity index (χ0v) is 16.3. The molecule has 1 atom stereocenters. The van der Waals surface area contributed by atoms with Gasteiger partial charge in [-0.2, -0.15) is 0 Å². The normalized spacial score (nSPS) is 17.1. The minimum Gasteiger partial charge on any atom is -0.497 e. The first-order valence-corrected chi connectivity index (χ1v) is 9.31. The average Bonchev–Trinajstić information content (AvgIpc) is 2.65. The number of carbonyl (C=O) groups is 2. The van der Waals surface area contributed by atoms with Gasteiger partial charge in [0.15, 0.2) is 0 Å². The summed E-state index contributed by atoms with van der Waals surface area (Å²) in [5, 5.41) is 2.94. The van der Waals surface area contributed by atoms with E-state index in [4.69, 9.17) is 4.74 Å². The summed E-state index contributed by atoms with van der Waals surface area (Å²) >= 11 is 0. The van der Waals surface area contributed by atoms with Crippen molar-refractivity contribution in [2.24, 2.45) is 11.8 Å². The van der Waals surface area contributed by atoms with Crippen LogP contribution < -0.4 is 10.1 Å². The molecule has 3 amide bonds. The van der Waals surface area contributed by atoms with Gasteiger partial charge in [-0.15, -0.1) is 0 Å². The molecular formula is C20H31N3O3. The van der Waals surface area contributed by atoms with Crippen molar-refractivity contribution in [3.8, 4) is 5.75 Å². The van der Waals surface area contributed by atoms with Crippen LogP contribution in [0, 0.1) is 11.8 Å². The maximum absolute atomic E-state index is 12.8. The van der Waals surface area contributed by atoms with Crippen molar-refractivity contribution >= 4 is 11.9 Å². The summed E-state index contributed by atoms with van der Waals surface area (Å²) < 4.78 is 5.24. The predicted octanol–water partition coefficient (Wildman–Crippen LogP) is 2.73. The molecule has 1 aliphatic heterocycles. The molecule has 1 aromatic carbocycles. The molecule has 1 N–H and O–H groups in total. The van der Waals surface area contributed by atoms with Crippen LogP contribution >= 0.6 is 0 Å². The number of nitrogens with one attached hydrogen (secondary N) is 1. The van der Waals surface area contributed by atoms with Crippen LogP contribution in [0.1, 0.15) is 32.3 Å². The Bertz CT molecular complexity index is 618. The number of ether oxygens (including phenoxy) is 1. The summed E-state index contributed by atoms with van der Waals surface area (Å²) in [6.07, 6.45) is 1.69. The Hall–Kier alpha value is -2.24. The Morgan fingerprint density at radius 2 is 2.15 bits per heavy atom. The van der Waals surface area contributed by atoms with E-state index in [0.29, 0.717) is 32.1 Å². The highest BCUT2D eigenvalue weighted by molar-refractivity contribution is 5.80. The van der Waals surface area contributed by atoms with Crippen molar-refractivity contribution in [1.82, 2.24) is 15.1 Å². The fourth-order valence-corrected chi connectivity index (χ4v) is 3.20. The summed E-state index contributed by atoms with van der Waals surface area (Å²) in [4.78, 5) is 28.6. The van der Waals surface area contributed by atoms with E-state index in [2.05, 4.69) is 19.2 Å². The lowest BCUT2D eigenvalue weighted by molar-refractivity contribution is -0.136. The number of carbonyl (C=O) groups excluding carboxylic acids is 2. The van der Waals surface area contributed by atoms with Crippen LogP contribution in [0.5, 0.6) is 5.75 Å². The number of nitrogens with zero attached hydrogens (tertiary/aromatic N) is 2. The van der Waals surface area contributed by atoms with Crippen molar-refractivity contribution in [3.05, 3.63) is 29.8 Å². The van der Waals surface area contributed by atoms with Gasteiger partial charge < -0.3 is 19.9 Å². The van der Waals surface area contributed by atoms with E-state index >= 15 is 0 Å². The standard InChI is InChI=1S/C20H31N3O3/c1-15(2)12-21-20(25)23-10-6-8-17(14-23)19(24)22(3)13-16-7-5-9-18(11-16)26-4/h5,7,9,11,15,17H,6,8,10,12-14H2,1-4H3,(H,21,25)/t17-/m0/s1. The Balaban J connectivity index is 1.91. The van der Waals surface area contributed by atoms with E-state index in [0.717, 1.165) is 24.2 Å². The maximum Gasteiger partial charge on any atom is 0.317 e. The first kappa shape index (κ1) is 20.1. The number of piperidine rings is 1. The zero-order chi connectivity index (χ0) is 19.1. The van der Waals surface area contributed by atoms with Gasteiger partial charge in [0.25, 0.3) is 0 Å². The molecule has 1 saturated heterocycles. The van der Waals surface area contributed by atoms with Crippen LogP contribution in [0.2, 0.25) is 0 Å². The van der Waals surface area contributed by atoms with E-state index in [9.17, 15) is 9.59 Å². The van der Waals surface area contributed by atoms with Gasteiger partial charge in [0, 0.05) is 33.2 Å². The predicted molar refractivity (Wildman–Crippen MR) is 102 cm³/mol. The third-order valence-corrected chi connectivity index (χ3v) is 4.65. The number of hydrogen-bond donors (Lipinski definition) is 1. The number of amides is 3. The van der Waals surface area contributed by atoms with Crippen LogP contribution in [-0.4, -0.2) is 55.5 Å². The van der Waals surface area contributed by atoms with Crippen LogP contribution in [0.25, 0.3) is 0 Å². The van der Waals surface area contributed by atoms with E-state index < -0.39 is 0 Å². The fourth-order valence-electron chi connectivity index (χ4n) is 3.20. The van der Waals surface area contributed by atoms with Crippen molar-refractivity contribution in [2.45, 2.75) is 33.2 Å². The van der Waals surface area contributed by atoms with E-state index in [1.165, 1.54) is 0 Å². The molecule has 1 aromatic rings. The Kier molecular flexibility index (Phi) is 7.30. The summed E-state index contributed by atoms with van der Waals surface area (Å²) in [5.74, 6) is 1.16. The molecule has 144 valence electrons. The Morgan fingerprint density at radius 3 is 2.85 bits per heavy atom. The lowest BCUT2D eigenvalue weighted by atomic mass is 9.96. The molecule has 0 bridgehead atoms. The highest BCUT2D eigenvalue weighted by Gasteiger charge is 2.30. The zero-order valence-electron chi connectivity index (χ0n) is 16.3. The van der Waals surface area contributed by atoms with E-state index in [1.807, 2.05) is 31.3 Å². The molecule has 0 aromatic heterocycles. The third kappa shape index (κ3) is 5.64. The molecule has 0 radical (unpaired) electrons. The molecule has 1 aliphatic rings. The molecule has 6 nitrogen and oxygen atoms in total. The number of likely N-dealkylation sites (tertiary alicyclic amines) is 1. The molecule has 1 fully saturated rings. The van der Waals surface area contributed by atoms with Crippen LogP contribution in [0.4, 0.5) is 4.79 Å². The second-order valence-corrected chi connectivity index (χ2v) is 7.41. The van der Waals surface area contributed by atoms with Crippen molar-refractivity contribution < 1.29 is 14.3 Å². The lowest BCUT2D eigenvalue weighted by Gasteiger charge is -2.34. The molecule has 0 saturated carbocycles. The van der Waals surface area contributed by atoms with Crippen molar-refractivity contribution in [1.29, 1.82) is 0 Å². The van der Waals surface area contributed by atoms with Gasteiger partial charge in [0.2, 0.25) is 5.91 Å². The minimum atomic E-state index is -0.135. The molecule has 0 aliphatic carbocycles. The van der Waals surface area contributed by atoms with Crippen molar-refractivity contribution in [3.63, 3.8) is 0 Å². The van der Waals surface area contributed by atoms with Crippen LogP contribution in [0.15, 0.2) is 24.3 Å². The fraction of sp³-hybridized carbons (Fsp3) is 0.600. The molecule has 6 heteroatoms. The van der Waals surface area contributed by atoms with Gasteiger partial charge >= 0.3 is 6.03 Å². The first-order valence-electron chi connectivity index (χ1n) is 9.31. The van der Waals surface area contributed by atoms with Gasteiger partial charge in [-0.05, 0) is 36.5 Å². The van der Waals surface area contributed by atoms with E-state index in [1.54, 1.807) is 16.9 Å². The number of methoxy groups -OCH3 is 1. The van der Waals surface area contributed by atoms with Gasteiger partial charge in [0.1, 0.15) is 5.75 Å². The highest BCUT2D eigenvalue weighted by atomic mass is 16.5. The van der Waals surface area contributed by atoms with Gasteiger partial charge in [-0.3, -0.25) is 4.79 Å². The number of benzene rings is 1. The van der Waals surface area contributed by atoms with Gasteiger partial charge in [-0.25, -0.2) is 4.79 Å². The van der Waals surface area contributed by atoms with E-state index in [-0.39, 0.29) is 17.9 Å². The topological polar surface area (TPSA) is 61.9 Å². The van der Waals surface area contributed by atoms with Gasteiger partial charge in [-0.1, -0.05) is 26.0 Å². The second-order valence-electron chi connectivity index (χ2n) is 7.41. The molecule has 0 spiro atoms. The first-order chi connectivity index (χ1) is 12.4. The maximum atomic E-state index is 12.8. The minimum absolute atomic E-state index is 0.0633. The molecule has 1 heterocycles. The quantitative estimate of drug-likeness (QED) is 0.847. The van der Waals surface area contributed by atoms with Crippen LogP contribution in [-0.2, 0) is 11.3 Å². The Morgan fingerprint density at radius 1 is 1.38 bits per heavy atom. The largest absolute Gasteiger partial charge is 0.497 e. The van der Waals surface area contributed by atoms with Gasteiger partial charge in [0.05, 0.1) is 13.0 Å². The lowest BCUT2D eigenvalue weighted by Crippen LogP contribution is -2.49. The smallest absolute Gasteiger partial charge is 0.317 e. The Labute approximate surface area is 156 Å². The monoisotopic (exact) mass is 361 g/mol. The number of rotatable bonds is 6. The summed E-state index contributed by atoms with van der Waals surface area (Å²) in [5.41, 5.74) is 1.03. The molecular weight excluding hydrogens is 330 g/mol. The van der Waals surface area contributed by atoms with Crippen molar-refractivity contribution in [2.75, 3.05) is 33.8 Å². The summed E-state index contributed by atoms with van der Waals surface area (Å²) in [6.45, 7) is 6.53. The third-order valence-electron chi connectivity index (χ3n) is 4.65. The average molecular weight is 361 g/mol. The SMILES string of the molecule is COc1cccc(CN(C)C(=O)[C@H]2CCCN(C(=O)NCC(C)C)C2)c1. The number of hydrogen-bond acceptors (Lipinski definition) is 3. The molecule has 26 heavy (non-hydrogen) atoms. The number of urea groups is 1. The molecule has 0 unspecified atom stereocenters. The second kappa shape index (κ2) is 9.46. The highest BCUT2D eigenvalue weighted by Crippen LogP contribution is 2.20. The molecule has 2 rings (SSSR count).